The third-order valence-electron chi connectivity index (χ3n) is 3.30. The van der Waals surface area contributed by atoms with Gasteiger partial charge in [0.15, 0.2) is 9.84 Å². The van der Waals surface area contributed by atoms with E-state index < -0.39 is 9.84 Å². The number of rotatable bonds is 3. The molecule has 0 radical (unpaired) electrons. The first-order chi connectivity index (χ1) is 9.88. The minimum absolute atomic E-state index is 0.276. The summed E-state index contributed by atoms with van der Waals surface area (Å²) < 4.78 is 23.2. The summed E-state index contributed by atoms with van der Waals surface area (Å²) in [5, 5.41) is 0.717. The van der Waals surface area contributed by atoms with E-state index in [1.165, 1.54) is 11.1 Å². The van der Waals surface area contributed by atoms with E-state index in [9.17, 15) is 8.42 Å². The van der Waals surface area contributed by atoms with Crippen LogP contribution in [0.25, 0.3) is 22.4 Å². The molecule has 110 valence electrons. The Morgan fingerprint density at radius 1 is 1.33 bits per heavy atom. The maximum absolute atomic E-state index is 11.6. The Bertz CT molecular complexity index is 923. The number of anilines is 1. The number of nitrogens with zero attached hydrogens (tertiary/aromatic N) is 1. The molecule has 21 heavy (non-hydrogen) atoms. The van der Waals surface area contributed by atoms with E-state index in [1.54, 1.807) is 29.5 Å². The lowest BCUT2D eigenvalue weighted by molar-refractivity contribution is 0.602. The van der Waals surface area contributed by atoms with E-state index in [2.05, 4.69) is 16.9 Å². The van der Waals surface area contributed by atoms with Gasteiger partial charge in [0.05, 0.1) is 26.5 Å². The predicted octanol–water partition coefficient (Wildman–Crippen LogP) is 2.84. The number of H-pyrrole nitrogens is 1. The summed E-state index contributed by atoms with van der Waals surface area (Å²) in [5.41, 5.74) is 8.32. The number of aromatic amines is 1. The molecule has 0 amide bonds. The van der Waals surface area contributed by atoms with Crippen molar-refractivity contribution in [2.75, 3.05) is 12.0 Å². The summed E-state index contributed by atoms with van der Waals surface area (Å²) >= 11 is 1.55. The van der Waals surface area contributed by atoms with Crippen LogP contribution in [-0.4, -0.2) is 24.6 Å². The van der Waals surface area contributed by atoms with Crippen LogP contribution in [0.15, 0.2) is 29.2 Å². The maximum Gasteiger partial charge on any atom is 0.175 e. The molecular weight excluding hydrogens is 306 g/mol. The highest BCUT2D eigenvalue weighted by Crippen LogP contribution is 2.33. The standard InChI is InChI=1S/C14H15N3O2S2/c1-3-8-6-10(13(15)20-8)14-16-11-5-4-9(21(2,18)19)7-12(11)17-14/h4-7H,3,15H2,1-2H3,(H,16,17). The molecule has 2 heterocycles. The number of nitrogen functional groups attached to an aromatic ring is 1. The average Bonchev–Trinajstić information content (AvgIpc) is 2.99. The number of aryl methyl sites for hydroxylation is 1. The summed E-state index contributed by atoms with van der Waals surface area (Å²) in [6.07, 6.45) is 2.11. The van der Waals surface area contributed by atoms with Crippen molar-refractivity contribution >= 4 is 37.2 Å². The van der Waals surface area contributed by atoms with Crippen molar-refractivity contribution in [1.82, 2.24) is 9.97 Å². The molecule has 0 unspecified atom stereocenters. The molecule has 0 aliphatic heterocycles. The maximum atomic E-state index is 11.6. The van der Waals surface area contributed by atoms with Gasteiger partial charge in [-0.3, -0.25) is 0 Å². The normalized spacial score (nSPS) is 12.1. The number of thiophene rings is 1. The fraction of sp³-hybridized carbons (Fsp3) is 0.214. The van der Waals surface area contributed by atoms with Gasteiger partial charge in [-0.2, -0.15) is 0 Å². The lowest BCUT2D eigenvalue weighted by Crippen LogP contribution is -1.96. The van der Waals surface area contributed by atoms with E-state index in [-0.39, 0.29) is 4.90 Å². The van der Waals surface area contributed by atoms with Crippen molar-refractivity contribution in [2.24, 2.45) is 0 Å². The Morgan fingerprint density at radius 3 is 2.71 bits per heavy atom. The van der Waals surface area contributed by atoms with Crippen LogP contribution in [0.5, 0.6) is 0 Å². The van der Waals surface area contributed by atoms with E-state index >= 15 is 0 Å². The monoisotopic (exact) mass is 321 g/mol. The zero-order chi connectivity index (χ0) is 15.2. The Labute approximate surface area is 126 Å². The van der Waals surface area contributed by atoms with Gasteiger partial charge in [-0.15, -0.1) is 11.3 Å². The Morgan fingerprint density at radius 2 is 2.10 bits per heavy atom. The molecule has 2 aromatic heterocycles. The first-order valence-corrected chi connectivity index (χ1v) is 9.17. The molecule has 3 aromatic rings. The molecule has 3 N–H and O–H groups in total. The van der Waals surface area contributed by atoms with Crippen molar-refractivity contribution in [3.63, 3.8) is 0 Å². The van der Waals surface area contributed by atoms with Crippen LogP contribution < -0.4 is 5.73 Å². The second-order valence-electron chi connectivity index (χ2n) is 4.88. The van der Waals surface area contributed by atoms with Crippen LogP contribution in [0.3, 0.4) is 0 Å². The van der Waals surface area contributed by atoms with Crippen LogP contribution >= 0.6 is 11.3 Å². The fourth-order valence-electron chi connectivity index (χ4n) is 2.16. The highest BCUT2D eigenvalue weighted by Gasteiger charge is 2.14. The lowest BCUT2D eigenvalue weighted by Gasteiger charge is -1.96. The molecule has 0 fully saturated rings. The smallest absolute Gasteiger partial charge is 0.175 e. The summed E-state index contributed by atoms with van der Waals surface area (Å²) in [5.74, 6) is 0.670. The minimum Gasteiger partial charge on any atom is -0.390 e. The molecule has 1 aromatic carbocycles. The third kappa shape index (κ3) is 2.54. The first kappa shape index (κ1) is 14.1. The SMILES string of the molecule is CCc1cc(-c2nc3ccc(S(C)(=O)=O)cc3[nH]2)c(N)s1. The van der Waals surface area contributed by atoms with Crippen LogP contribution in [0.1, 0.15) is 11.8 Å². The fourth-order valence-corrected chi connectivity index (χ4v) is 3.68. The molecule has 0 atom stereocenters. The van der Waals surface area contributed by atoms with E-state index in [0.717, 1.165) is 17.5 Å². The quantitative estimate of drug-likeness (QED) is 0.776. The number of imidazole rings is 1. The van der Waals surface area contributed by atoms with Crippen molar-refractivity contribution in [3.05, 3.63) is 29.1 Å². The Balaban J connectivity index is 2.14. The molecule has 0 saturated carbocycles. The van der Waals surface area contributed by atoms with Crippen molar-refractivity contribution in [2.45, 2.75) is 18.2 Å². The summed E-state index contributed by atoms with van der Waals surface area (Å²) in [6.45, 7) is 2.08. The summed E-state index contributed by atoms with van der Waals surface area (Å²) in [7, 11) is -3.23. The Hall–Kier alpha value is -1.86. The van der Waals surface area contributed by atoms with Gasteiger partial charge < -0.3 is 10.7 Å². The predicted molar refractivity (Wildman–Crippen MR) is 86.3 cm³/mol. The molecule has 0 saturated heterocycles. The van der Waals surface area contributed by atoms with Gasteiger partial charge in [-0.25, -0.2) is 13.4 Å². The number of nitrogens with one attached hydrogen (secondary N) is 1. The lowest BCUT2D eigenvalue weighted by atomic mass is 10.2. The van der Waals surface area contributed by atoms with Crippen molar-refractivity contribution < 1.29 is 8.42 Å². The van der Waals surface area contributed by atoms with Crippen molar-refractivity contribution in [3.8, 4) is 11.4 Å². The van der Waals surface area contributed by atoms with Gasteiger partial charge in [0.2, 0.25) is 0 Å². The van der Waals surface area contributed by atoms with Gasteiger partial charge in [-0.1, -0.05) is 6.92 Å². The molecule has 5 nitrogen and oxygen atoms in total. The largest absolute Gasteiger partial charge is 0.390 e. The van der Waals surface area contributed by atoms with E-state index in [0.29, 0.717) is 16.3 Å². The molecule has 3 rings (SSSR count). The van der Waals surface area contributed by atoms with Gasteiger partial charge in [-0.05, 0) is 30.7 Å². The molecule has 0 spiro atoms. The highest BCUT2D eigenvalue weighted by atomic mass is 32.2. The van der Waals surface area contributed by atoms with Gasteiger partial charge in [0, 0.05) is 11.1 Å². The summed E-state index contributed by atoms with van der Waals surface area (Å²) in [6, 6.07) is 6.89. The molecule has 7 heteroatoms. The molecular formula is C14H15N3O2S2. The number of nitrogens with two attached hydrogens (primary N) is 1. The number of hydrogen-bond donors (Lipinski definition) is 2. The number of sulfone groups is 1. The molecule has 0 aliphatic carbocycles. The van der Waals surface area contributed by atoms with Crippen LogP contribution in [0.4, 0.5) is 5.00 Å². The summed E-state index contributed by atoms with van der Waals surface area (Å²) in [4.78, 5) is 9.11. The molecule has 0 aliphatic rings. The van der Waals surface area contributed by atoms with Crippen LogP contribution in [-0.2, 0) is 16.3 Å². The van der Waals surface area contributed by atoms with Gasteiger partial charge >= 0.3 is 0 Å². The van der Waals surface area contributed by atoms with Crippen LogP contribution in [0, 0.1) is 0 Å². The third-order valence-corrected chi connectivity index (χ3v) is 5.52. The minimum atomic E-state index is -3.23. The zero-order valence-electron chi connectivity index (χ0n) is 11.7. The average molecular weight is 321 g/mol. The van der Waals surface area contributed by atoms with Gasteiger partial charge in [0.25, 0.3) is 0 Å². The highest BCUT2D eigenvalue weighted by molar-refractivity contribution is 7.90. The van der Waals surface area contributed by atoms with E-state index in [4.69, 9.17) is 5.73 Å². The van der Waals surface area contributed by atoms with Gasteiger partial charge in [0.1, 0.15) is 5.82 Å². The second-order valence-corrected chi connectivity index (χ2v) is 8.06. The Kier molecular flexibility index (Phi) is 3.26. The van der Waals surface area contributed by atoms with Crippen molar-refractivity contribution in [1.29, 1.82) is 0 Å². The zero-order valence-corrected chi connectivity index (χ0v) is 13.3. The number of hydrogen-bond acceptors (Lipinski definition) is 5. The second kappa shape index (κ2) is 4.85. The molecule has 0 bridgehead atoms. The topological polar surface area (TPSA) is 88.8 Å². The number of benzene rings is 1. The first-order valence-electron chi connectivity index (χ1n) is 6.47. The van der Waals surface area contributed by atoms with Crippen LogP contribution in [0.2, 0.25) is 0 Å². The number of fused-ring (bicyclic) bond motifs is 1. The number of aromatic nitrogens is 2. The van der Waals surface area contributed by atoms with E-state index in [1.807, 2.05) is 6.07 Å².